The minimum Gasteiger partial charge on any atom is -0.309 e. The predicted molar refractivity (Wildman–Crippen MR) is 83.6 cm³/mol. The highest BCUT2D eigenvalue weighted by atomic mass is 32.2. The number of rotatable bonds is 6. The molecule has 8 heteroatoms. The van der Waals surface area contributed by atoms with Gasteiger partial charge in [-0.05, 0) is 17.7 Å². The summed E-state index contributed by atoms with van der Waals surface area (Å²) >= 11 is 1.46. The lowest BCUT2D eigenvalue weighted by atomic mass is 10.2. The molecule has 0 aliphatic carbocycles. The van der Waals surface area contributed by atoms with E-state index in [1.807, 2.05) is 0 Å². The number of nitro benzene ring substituents is 1. The second-order valence-electron chi connectivity index (χ2n) is 4.37. The molecular formula is C14H14N4O3S. The first-order valence-electron chi connectivity index (χ1n) is 6.58. The van der Waals surface area contributed by atoms with Gasteiger partial charge in [0.2, 0.25) is 5.91 Å². The molecular weight excluding hydrogens is 304 g/mol. The van der Waals surface area contributed by atoms with Crippen molar-refractivity contribution in [1.82, 2.24) is 10.2 Å². The lowest BCUT2D eigenvalue weighted by Gasteiger charge is -2.03. The number of carbonyl (C=O) groups is 1. The number of amides is 1. The topological polar surface area (TPSA) is 98.0 Å². The summed E-state index contributed by atoms with van der Waals surface area (Å²) in [5.74, 6) is 0.944. The molecule has 22 heavy (non-hydrogen) atoms. The Morgan fingerprint density at radius 2 is 1.95 bits per heavy atom. The third-order valence-electron chi connectivity index (χ3n) is 2.76. The van der Waals surface area contributed by atoms with Gasteiger partial charge in [-0.15, -0.1) is 10.2 Å². The van der Waals surface area contributed by atoms with Gasteiger partial charge in [-0.2, -0.15) is 0 Å². The number of anilines is 1. The number of carbonyl (C=O) groups excluding carboxylic acids is 1. The SMILES string of the molecule is CCC(=O)Nc1ccc(SCc2ccc([N+](=O)[O-])cc2)nn1. The van der Waals surface area contributed by atoms with E-state index >= 15 is 0 Å². The summed E-state index contributed by atoms with van der Waals surface area (Å²) in [6, 6.07) is 9.85. The third kappa shape index (κ3) is 4.52. The van der Waals surface area contributed by atoms with Crippen molar-refractivity contribution in [3.8, 4) is 0 Å². The fraction of sp³-hybridized carbons (Fsp3) is 0.214. The van der Waals surface area contributed by atoms with Gasteiger partial charge < -0.3 is 5.32 Å². The number of hydrogen-bond acceptors (Lipinski definition) is 6. The van der Waals surface area contributed by atoms with Crippen LogP contribution in [0.5, 0.6) is 0 Å². The minimum atomic E-state index is -0.425. The van der Waals surface area contributed by atoms with Crippen LogP contribution in [0.3, 0.4) is 0 Å². The molecule has 114 valence electrons. The second-order valence-corrected chi connectivity index (χ2v) is 5.37. The van der Waals surface area contributed by atoms with E-state index in [1.165, 1.54) is 23.9 Å². The Morgan fingerprint density at radius 3 is 2.50 bits per heavy atom. The number of benzene rings is 1. The molecule has 0 saturated heterocycles. The van der Waals surface area contributed by atoms with E-state index in [2.05, 4.69) is 15.5 Å². The Morgan fingerprint density at radius 1 is 1.23 bits per heavy atom. The van der Waals surface area contributed by atoms with Gasteiger partial charge in [0.05, 0.1) is 4.92 Å². The average molecular weight is 318 g/mol. The van der Waals surface area contributed by atoms with Crippen LogP contribution in [0.15, 0.2) is 41.4 Å². The Hall–Kier alpha value is -2.48. The van der Waals surface area contributed by atoms with Gasteiger partial charge in [-0.1, -0.05) is 30.8 Å². The van der Waals surface area contributed by atoms with E-state index < -0.39 is 4.92 Å². The van der Waals surface area contributed by atoms with Crippen molar-refractivity contribution in [3.63, 3.8) is 0 Å². The molecule has 0 aliphatic heterocycles. The zero-order valence-corrected chi connectivity index (χ0v) is 12.7. The lowest BCUT2D eigenvalue weighted by molar-refractivity contribution is -0.384. The summed E-state index contributed by atoms with van der Waals surface area (Å²) < 4.78 is 0. The summed E-state index contributed by atoms with van der Waals surface area (Å²) in [6.45, 7) is 1.76. The first kappa shape index (κ1) is 15.9. The maximum atomic E-state index is 11.2. The molecule has 1 aromatic heterocycles. The quantitative estimate of drug-likeness (QED) is 0.499. The summed E-state index contributed by atoms with van der Waals surface area (Å²) in [5, 5.41) is 21.9. The van der Waals surface area contributed by atoms with Crippen molar-refractivity contribution >= 4 is 29.2 Å². The van der Waals surface area contributed by atoms with Crippen molar-refractivity contribution in [1.29, 1.82) is 0 Å². The van der Waals surface area contributed by atoms with Crippen molar-refractivity contribution < 1.29 is 9.72 Å². The lowest BCUT2D eigenvalue weighted by Crippen LogP contribution is -2.11. The summed E-state index contributed by atoms with van der Waals surface area (Å²) in [6.07, 6.45) is 0.387. The normalized spacial score (nSPS) is 10.2. The number of thioether (sulfide) groups is 1. The van der Waals surface area contributed by atoms with Crippen LogP contribution in [-0.2, 0) is 10.5 Å². The van der Waals surface area contributed by atoms with E-state index in [0.717, 1.165) is 5.56 Å². The Kier molecular flexibility index (Phi) is 5.42. The summed E-state index contributed by atoms with van der Waals surface area (Å²) in [4.78, 5) is 21.4. The standard InChI is InChI=1S/C14H14N4O3S/c1-2-13(19)15-12-7-8-14(17-16-12)22-9-10-3-5-11(6-4-10)18(20)21/h3-8H,2,9H2,1H3,(H,15,16,19). The van der Waals surface area contributed by atoms with Crippen LogP contribution in [0.4, 0.5) is 11.5 Å². The van der Waals surface area contributed by atoms with E-state index in [9.17, 15) is 14.9 Å². The Bertz CT molecular complexity index is 659. The molecule has 0 fully saturated rings. The minimum absolute atomic E-state index is 0.0737. The van der Waals surface area contributed by atoms with Crippen LogP contribution in [-0.4, -0.2) is 21.0 Å². The fourth-order valence-electron chi connectivity index (χ4n) is 1.57. The van der Waals surface area contributed by atoms with Crippen LogP contribution >= 0.6 is 11.8 Å². The molecule has 1 heterocycles. The first-order chi connectivity index (χ1) is 10.6. The highest BCUT2D eigenvalue weighted by Crippen LogP contribution is 2.22. The highest BCUT2D eigenvalue weighted by Gasteiger charge is 2.05. The van der Waals surface area contributed by atoms with E-state index in [1.54, 1.807) is 31.2 Å². The number of nitrogens with zero attached hydrogens (tertiary/aromatic N) is 3. The summed E-state index contributed by atoms with van der Waals surface area (Å²) in [7, 11) is 0. The van der Waals surface area contributed by atoms with Gasteiger partial charge in [0.25, 0.3) is 5.69 Å². The van der Waals surface area contributed by atoms with Crippen molar-refractivity contribution in [2.45, 2.75) is 24.1 Å². The molecule has 0 atom stereocenters. The molecule has 7 nitrogen and oxygen atoms in total. The Labute approximate surface area is 131 Å². The molecule has 2 rings (SSSR count). The molecule has 1 N–H and O–H groups in total. The van der Waals surface area contributed by atoms with E-state index in [-0.39, 0.29) is 11.6 Å². The highest BCUT2D eigenvalue weighted by molar-refractivity contribution is 7.98. The average Bonchev–Trinajstić information content (AvgIpc) is 2.54. The predicted octanol–water partition coefficient (Wildman–Crippen LogP) is 3.03. The van der Waals surface area contributed by atoms with Gasteiger partial charge in [0.1, 0.15) is 5.03 Å². The molecule has 2 aromatic rings. The van der Waals surface area contributed by atoms with Crippen molar-refractivity contribution in [3.05, 3.63) is 52.1 Å². The van der Waals surface area contributed by atoms with Gasteiger partial charge in [0, 0.05) is 24.3 Å². The maximum Gasteiger partial charge on any atom is 0.269 e. The monoisotopic (exact) mass is 318 g/mol. The number of non-ortho nitro benzene ring substituents is 1. The van der Waals surface area contributed by atoms with Crippen LogP contribution in [0.25, 0.3) is 0 Å². The van der Waals surface area contributed by atoms with Gasteiger partial charge in [0.15, 0.2) is 5.82 Å². The van der Waals surface area contributed by atoms with Crippen LogP contribution in [0, 0.1) is 10.1 Å². The van der Waals surface area contributed by atoms with Gasteiger partial charge in [-0.3, -0.25) is 14.9 Å². The molecule has 0 unspecified atom stereocenters. The van der Waals surface area contributed by atoms with Crippen LogP contribution in [0.2, 0.25) is 0 Å². The maximum absolute atomic E-state index is 11.2. The molecule has 0 radical (unpaired) electrons. The number of nitrogens with one attached hydrogen (secondary N) is 1. The molecule has 1 aromatic carbocycles. The molecule has 1 amide bonds. The first-order valence-corrected chi connectivity index (χ1v) is 7.56. The molecule has 0 bridgehead atoms. The number of aromatic nitrogens is 2. The second kappa shape index (κ2) is 7.51. The molecule has 0 saturated carbocycles. The van der Waals surface area contributed by atoms with Crippen molar-refractivity contribution in [2.24, 2.45) is 0 Å². The van der Waals surface area contributed by atoms with Crippen LogP contribution < -0.4 is 5.32 Å². The zero-order valence-electron chi connectivity index (χ0n) is 11.9. The third-order valence-corrected chi connectivity index (χ3v) is 3.75. The molecule has 0 spiro atoms. The summed E-state index contributed by atoms with van der Waals surface area (Å²) in [5.41, 5.74) is 1.03. The number of nitro groups is 1. The van der Waals surface area contributed by atoms with Crippen molar-refractivity contribution in [2.75, 3.05) is 5.32 Å². The Balaban J connectivity index is 1.91. The fourth-order valence-corrected chi connectivity index (χ4v) is 2.34. The van der Waals surface area contributed by atoms with Gasteiger partial charge in [-0.25, -0.2) is 0 Å². The largest absolute Gasteiger partial charge is 0.309 e. The van der Waals surface area contributed by atoms with E-state index in [0.29, 0.717) is 23.0 Å². The molecule has 0 aliphatic rings. The zero-order chi connectivity index (χ0) is 15.9. The number of hydrogen-bond donors (Lipinski definition) is 1. The van der Waals surface area contributed by atoms with Gasteiger partial charge >= 0.3 is 0 Å². The van der Waals surface area contributed by atoms with E-state index in [4.69, 9.17) is 0 Å². The smallest absolute Gasteiger partial charge is 0.269 e. The van der Waals surface area contributed by atoms with Crippen LogP contribution in [0.1, 0.15) is 18.9 Å².